The molecular formula is C18H26N2S. The summed E-state index contributed by atoms with van der Waals surface area (Å²) in [5, 5.41) is 6.90. The summed E-state index contributed by atoms with van der Waals surface area (Å²) in [6.45, 7) is 13.2. The summed E-state index contributed by atoms with van der Waals surface area (Å²) >= 11 is 1.71. The molecule has 0 aliphatic carbocycles. The standard InChI is InChI=1S/C18H26N2S/c1-11(2)15-7-8-17(16(9-15)12(3)4)19-13(5)18-10-21-14(6)20-18/h7-13,19H,1-6H3. The van der Waals surface area contributed by atoms with Crippen molar-refractivity contribution in [1.29, 1.82) is 0 Å². The first kappa shape index (κ1) is 16.0. The number of rotatable bonds is 5. The molecule has 2 nitrogen and oxygen atoms in total. The van der Waals surface area contributed by atoms with Gasteiger partial charge in [-0.1, -0.05) is 39.8 Å². The third-order valence-electron chi connectivity index (χ3n) is 3.82. The van der Waals surface area contributed by atoms with E-state index in [9.17, 15) is 0 Å². The number of hydrogen-bond acceptors (Lipinski definition) is 3. The van der Waals surface area contributed by atoms with E-state index < -0.39 is 0 Å². The van der Waals surface area contributed by atoms with Crippen molar-refractivity contribution in [1.82, 2.24) is 4.98 Å². The lowest BCUT2D eigenvalue weighted by atomic mass is 9.94. The highest BCUT2D eigenvalue weighted by atomic mass is 32.1. The van der Waals surface area contributed by atoms with Crippen LogP contribution in [0.2, 0.25) is 0 Å². The molecule has 2 aromatic rings. The number of nitrogens with one attached hydrogen (secondary N) is 1. The molecule has 0 spiro atoms. The molecule has 1 aromatic carbocycles. The van der Waals surface area contributed by atoms with Crippen molar-refractivity contribution in [2.75, 3.05) is 5.32 Å². The molecule has 0 saturated carbocycles. The smallest absolute Gasteiger partial charge is 0.0898 e. The Bertz CT molecular complexity index is 599. The van der Waals surface area contributed by atoms with E-state index in [2.05, 4.69) is 75.4 Å². The van der Waals surface area contributed by atoms with Crippen molar-refractivity contribution in [3.05, 3.63) is 45.4 Å². The Morgan fingerprint density at radius 2 is 1.76 bits per heavy atom. The third kappa shape index (κ3) is 3.85. The van der Waals surface area contributed by atoms with Crippen LogP contribution in [0.4, 0.5) is 5.69 Å². The first-order valence-corrected chi connectivity index (χ1v) is 8.58. The van der Waals surface area contributed by atoms with Gasteiger partial charge in [0.2, 0.25) is 0 Å². The van der Waals surface area contributed by atoms with Gasteiger partial charge in [0, 0.05) is 11.1 Å². The Morgan fingerprint density at radius 1 is 1.05 bits per heavy atom. The minimum atomic E-state index is 0.234. The van der Waals surface area contributed by atoms with Crippen LogP contribution in [0.15, 0.2) is 23.6 Å². The number of nitrogens with zero attached hydrogens (tertiary/aromatic N) is 1. The molecule has 0 aliphatic rings. The van der Waals surface area contributed by atoms with Crippen LogP contribution in [-0.4, -0.2) is 4.98 Å². The summed E-state index contributed by atoms with van der Waals surface area (Å²) in [6, 6.07) is 7.03. The van der Waals surface area contributed by atoms with Crippen LogP contribution >= 0.6 is 11.3 Å². The molecule has 21 heavy (non-hydrogen) atoms. The molecule has 1 N–H and O–H groups in total. The number of aryl methyl sites for hydroxylation is 1. The summed E-state index contributed by atoms with van der Waals surface area (Å²) in [4.78, 5) is 4.58. The average molecular weight is 302 g/mol. The first-order valence-electron chi connectivity index (χ1n) is 7.71. The molecule has 1 atom stereocenters. The van der Waals surface area contributed by atoms with Crippen molar-refractivity contribution < 1.29 is 0 Å². The lowest BCUT2D eigenvalue weighted by Crippen LogP contribution is -2.10. The van der Waals surface area contributed by atoms with E-state index in [0.29, 0.717) is 11.8 Å². The molecule has 0 fully saturated rings. The lowest BCUT2D eigenvalue weighted by molar-refractivity contribution is 0.811. The SMILES string of the molecule is Cc1nc(C(C)Nc2ccc(C(C)C)cc2C(C)C)cs1. The number of anilines is 1. The molecule has 1 aromatic heterocycles. The van der Waals surface area contributed by atoms with E-state index >= 15 is 0 Å². The van der Waals surface area contributed by atoms with Crippen molar-refractivity contribution >= 4 is 17.0 Å². The first-order chi connectivity index (χ1) is 9.88. The van der Waals surface area contributed by atoms with Gasteiger partial charge in [-0.15, -0.1) is 11.3 Å². The second kappa shape index (κ2) is 6.61. The fraction of sp³-hybridized carbons (Fsp3) is 0.500. The summed E-state index contributed by atoms with van der Waals surface area (Å²) in [5.41, 5.74) is 5.15. The molecule has 2 rings (SSSR count). The zero-order valence-corrected chi connectivity index (χ0v) is 14.7. The van der Waals surface area contributed by atoms with Crippen LogP contribution in [0.5, 0.6) is 0 Å². The van der Waals surface area contributed by atoms with E-state index in [1.807, 2.05) is 0 Å². The number of hydrogen-bond donors (Lipinski definition) is 1. The van der Waals surface area contributed by atoms with Gasteiger partial charge in [-0.05, 0) is 42.9 Å². The molecule has 3 heteroatoms. The third-order valence-corrected chi connectivity index (χ3v) is 4.61. The molecule has 0 aliphatic heterocycles. The lowest BCUT2D eigenvalue weighted by Gasteiger charge is -2.20. The molecule has 0 amide bonds. The summed E-state index contributed by atoms with van der Waals surface area (Å²) < 4.78 is 0. The number of thiazole rings is 1. The van der Waals surface area contributed by atoms with Crippen molar-refractivity contribution in [2.45, 2.75) is 59.4 Å². The molecule has 1 heterocycles. The Balaban J connectivity index is 2.26. The van der Waals surface area contributed by atoms with Crippen molar-refractivity contribution in [2.24, 2.45) is 0 Å². The zero-order chi connectivity index (χ0) is 15.6. The molecule has 1 unspecified atom stereocenters. The minimum absolute atomic E-state index is 0.234. The fourth-order valence-corrected chi connectivity index (χ4v) is 3.14. The van der Waals surface area contributed by atoms with Crippen LogP contribution in [0.25, 0.3) is 0 Å². The number of benzene rings is 1. The van der Waals surface area contributed by atoms with Crippen LogP contribution in [0.1, 0.15) is 74.3 Å². The van der Waals surface area contributed by atoms with Gasteiger partial charge in [-0.25, -0.2) is 4.98 Å². The second-order valence-electron chi connectivity index (χ2n) is 6.31. The monoisotopic (exact) mass is 302 g/mol. The van der Waals surface area contributed by atoms with Gasteiger partial charge < -0.3 is 5.32 Å². The van der Waals surface area contributed by atoms with Crippen LogP contribution < -0.4 is 5.32 Å². The Kier molecular flexibility index (Phi) is 5.04. The predicted octanol–water partition coefficient (Wildman–Crippen LogP) is 5.87. The maximum Gasteiger partial charge on any atom is 0.0898 e. The molecule has 114 valence electrons. The van der Waals surface area contributed by atoms with Gasteiger partial charge in [-0.3, -0.25) is 0 Å². The Hall–Kier alpha value is -1.35. The summed E-state index contributed by atoms with van der Waals surface area (Å²) in [5.74, 6) is 1.07. The quantitative estimate of drug-likeness (QED) is 0.747. The van der Waals surface area contributed by atoms with Gasteiger partial charge in [-0.2, -0.15) is 0 Å². The highest BCUT2D eigenvalue weighted by molar-refractivity contribution is 7.09. The average Bonchev–Trinajstić information content (AvgIpc) is 2.85. The van der Waals surface area contributed by atoms with E-state index in [-0.39, 0.29) is 6.04 Å². The highest BCUT2D eigenvalue weighted by Gasteiger charge is 2.14. The number of aromatic nitrogens is 1. The maximum absolute atomic E-state index is 4.58. The molecule has 0 bridgehead atoms. The molecule has 0 radical (unpaired) electrons. The van der Waals surface area contributed by atoms with E-state index in [4.69, 9.17) is 0 Å². The van der Waals surface area contributed by atoms with Crippen LogP contribution in [-0.2, 0) is 0 Å². The van der Waals surface area contributed by atoms with Gasteiger partial charge in [0.25, 0.3) is 0 Å². The molecular weight excluding hydrogens is 276 g/mol. The van der Waals surface area contributed by atoms with Gasteiger partial charge >= 0.3 is 0 Å². The van der Waals surface area contributed by atoms with Gasteiger partial charge in [0.15, 0.2) is 0 Å². The van der Waals surface area contributed by atoms with Crippen LogP contribution in [0.3, 0.4) is 0 Å². The van der Waals surface area contributed by atoms with Gasteiger partial charge in [0.05, 0.1) is 16.7 Å². The van der Waals surface area contributed by atoms with Crippen molar-refractivity contribution in [3.8, 4) is 0 Å². The summed E-state index contributed by atoms with van der Waals surface area (Å²) in [7, 11) is 0. The zero-order valence-electron chi connectivity index (χ0n) is 13.9. The van der Waals surface area contributed by atoms with Crippen molar-refractivity contribution in [3.63, 3.8) is 0 Å². The Labute approximate surface area is 132 Å². The largest absolute Gasteiger partial charge is 0.377 e. The normalized spacial score (nSPS) is 13.0. The Morgan fingerprint density at radius 3 is 2.29 bits per heavy atom. The maximum atomic E-state index is 4.58. The highest BCUT2D eigenvalue weighted by Crippen LogP contribution is 2.31. The van der Waals surface area contributed by atoms with Gasteiger partial charge in [0.1, 0.15) is 0 Å². The summed E-state index contributed by atoms with van der Waals surface area (Å²) in [6.07, 6.45) is 0. The van der Waals surface area contributed by atoms with Crippen LogP contribution in [0, 0.1) is 6.92 Å². The molecule has 0 saturated heterocycles. The van der Waals surface area contributed by atoms with E-state index in [0.717, 1.165) is 10.7 Å². The van der Waals surface area contributed by atoms with E-state index in [1.54, 1.807) is 11.3 Å². The second-order valence-corrected chi connectivity index (χ2v) is 7.38. The predicted molar refractivity (Wildman–Crippen MR) is 93.5 cm³/mol. The fourth-order valence-electron chi connectivity index (χ4n) is 2.44. The minimum Gasteiger partial charge on any atom is -0.377 e. The topological polar surface area (TPSA) is 24.9 Å². The van der Waals surface area contributed by atoms with E-state index in [1.165, 1.54) is 16.8 Å².